The monoisotopic (exact) mass is 455 g/mol. The van der Waals surface area contributed by atoms with Gasteiger partial charge in [-0.15, -0.1) is 0 Å². The fourth-order valence-electron chi connectivity index (χ4n) is 9.24. The standard InChI is InChI=1S/C30H49NO2/c1-28(2)16-18-31(19-17-28)27(33)7-5-6-21-9-11-25-24-10-8-22-20-23(32)12-14-30(22,4)26(24)13-15-29(21,25)3/h8,21,23-26,32H,5-7,9-20H2,1-4H3. The van der Waals surface area contributed by atoms with Crippen molar-refractivity contribution in [3.8, 4) is 0 Å². The highest BCUT2D eigenvalue weighted by molar-refractivity contribution is 5.76. The zero-order chi connectivity index (χ0) is 23.4. The molecule has 0 bridgehead atoms. The van der Waals surface area contributed by atoms with E-state index < -0.39 is 0 Å². The maximum atomic E-state index is 12.8. The first kappa shape index (κ1) is 23.9. The van der Waals surface area contributed by atoms with Crippen LogP contribution in [0.2, 0.25) is 0 Å². The molecule has 1 aliphatic heterocycles. The molecule has 7 unspecified atom stereocenters. The number of carbonyl (C=O) groups excluding carboxylic acids is 1. The van der Waals surface area contributed by atoms with E-state index in [1.54, 1.807) is 5.57 Å². The molecule has 33 heavy (non-hydrogen) atoms. The molecule has 7 atom stereocenters. The smallest absolute Gasteiger partial charge is 0.222 e. The third-order valence-electron chi connectivity index (χ3n) is 11.7. The minimum absolute atomic E-state index is 0.107. The molecule has 0 aromatic heterocycles. The summed E-state index contributed by atoms with van der Waals surface area (Å²) < 4.78 is 0. The summed E-state index contributed by atoms with van der Waals surface area (Å²) in [5.41, 5.74) is 2.82. The summed E-state index contributed by atoms with van der Waals surface area (Å²) in [5.74, 6) is 3.75. The van der Waals surface area contributed by atoms with Crippen LogP contribution in [-0.2, 0) is 4.79 Å². The fourth-order valence-corrected chi connectivity index (χ4v) is 9.24. The summed E-state index contributed by atoms with van der Waals surface area (Å²) in [6.07, 6.45) is 17.7. The summed E-state index contributed by atoms with van der Waals surface area (Å²) in [5, 5.41) is 10.2. The largest absolute Gasteiger partial charge is 0.393 e. The minimum atomic E-state index is -0.107. The van der Waals surface area contributed by atoms with Crippen molar-refractivity contribution >= 4 is 5.91 Å². The Morgan fingerprint density at radius 1 is 1.00 bits per heavy atom. The lowest BCUT2D eigenvalue weighted by molar-refractivity contribution is -0.133. The first-order chi connectivity index (χ1) is 15.6. The summed E-state index contributed by atoms with van der Waals surface area (Å²) in [6.45, 7) is 11.7. The van der Waals surface area contributed by atoms with Crippen molar-refractivity contribution in [2.24, 2.45) is 39.9 Å². The second kappa shape index (κ2) is 8.68. The van der Waals surface area contributed by atoms with Gasteiger partial charge in [-0.3, -0.25) is 4.79 Å². The van der Waals surface area contributed by atoms with Gasteiger partial charge in [-0.2, -0.15) is 0 Å². The third-order valence-corrected chi connectivity index (χ3v) is 11.7. The van der Waals surface area contributed by atoms with Gasteiger partial charge in [0.05, 0.1) is 6.10 Å². The number of amides is 1. The Morgan fingerprint density at radius 2 is 1.76 bits per heavy atom. The van der Waals surface area contributed by atoms with Crippen LogP contribution < -0.4 is 0 Å². The Balaban J connectivity index is 1.18. The van der Waals surface area contributed by atoms with Crippen LogP contribution in [0.5, 0.6) is 0 Å². The van der Waals surface area contributed by atoms with Crippen LogP contribution in [0.15, 0.2) is 11.6 Å². The van der Waals surface area contributed by atoms with Gasteiger partial charge in [0.15, 0.2) is 0 Å². The summed E-state index contributed by atoms with van der Waals surface area (Å²) in [7, 11) is 0. The van der Waals surface area contributed by atoms with E-state index in [0.717, 1.165) is 75.3 Å². The van der Waals surface area contributed by atoms with Crippen LogP contribution >= 0.6 is 0 Å². The van der Waals surface area contributed by atoms with Crippen LogP contribution in [-0.4, -0.2) is 35.1 Å². The van der Waals surface area contributed by atoms with Crippen molar-refractivity contribution in [1.29, 1.82) is 0 Å². The lowest BCUT2D eigenvalue weighted by Crippen LogP contribution is -2.50. The Labute approximate surface area is 202 Å². The highest BCUT2D eigenvalue weighted by Gasteiger charge is 2.58. The molecular formula is C30H49NO2. The van der Waals surface area contributed by atoms with Crippen molar-refractivity contribution in [1.82, 2.24) is 4.90 Å². The Kier molecular flexibility index (Phi) is 6.28. The van der Waals surface area contributed by atoms with Gasteiger partial charge >= 0.3 is 0 Å². The SMILES string of the molecule is CC1(C)CCN(C(=O)CCCC2CCC3C4CC=C5CC(O)CCC5(C)C4CCC23C)CC1. The van der Waals surface area contributed by atoms with Crippen LogP contribution in [0.1, 0.15) is 111 Å². The number of fused-ring (bicyclic) bond motifs is 5. The predicted octanol–water partition coefficient (Wildman–Crippen LogP) is 6.75. The number of likely N-dealkylation sites (tertiary alicyclic amines) is 1. The molecule has 186 valence electrons. The molecule has 1 amide bonds. The van der Waals surface area contributed by atoms with E-state index >= 15 is 0 Å². The number of aliphatic hydroxyl groups excluding tert-OH is 1. The van der Waals surface area contributed by atoms with Crippen molar-refractivity contribution in [2.45, 2.75) is 117 Å². The van der Waals surface area contributed by atoms with Crippen molar-refractivity contribution < 1.29 is 9.90 Å². The van der Waals surface area contributed by atoms with Gasteiger partial charge in [0.25, 0.3) is 0 Å². The normalized spacial score (nSPS) is 44.5. The molecule has 1 N–H and O–H groups in total. The second-order valence-electron chi connectivity index (χ2n) is 13.9. The molecule has 3 saturated carbocycles. The molecule has 0 aromatic carbocycles. The number of rotatable bonds is 4. The van der Waals surface area contributed by atoms with E-state index in [9.17, 15) is 9.90 Å². The lowest BCUT2D eigenvalue weighted by atomic mass is 9.47. The molecule has 3 heteroatoms. The van der Waals surface area contributed by atoms with Crippen LogP contribution in [0.25, 0.3) is 0 Å². The number of hydrogen-bond donors (Lipinski definition) is 1. The highest BCUT2D eigenvalue weighted by atomic mass is 16.3. The summed E-state index contributed by atoms with van der Waals surface area (Å²) >= 11 is 0. The van der Waals surface area contributed by atoms with Gasteiger partial charge in [0.1, 0.15) is 0 Å². The molecule has 5 rings (SSSR count). The van der Waals surface area contributed by atoms with E-state index in [1.807, 2.05) is 0 Å². The quantitative estimate of drug-likeness (QED) is 0.477. The van der Waals surface area contributed by atoms with E-state index in [4.69, 9.17) is 0 Å². The maximum Gasteiger partial charge on any atom is 0.222 e. The summed E-state index contributed by atoms with van der Waals surface area (Å²) in [6, 6.07) is 0. The molecule has 3 nitrogen and oxygen atoms in total. The number of allylic oxidation sites excluding steroid dienone is 1. The second-order valence-corrected chi connectivity index (χ2v) is 13.9. The van der Waals surface area contributed by atoms with Crippen molar-refractivity contribution in [3.63, 3.8) is 0 Å². The molecule has 4 fully saturated rings. The van der Waals surface area contributed by atoms with Crippen molar-refractivity contribution in [2.75, 3.05) is 13.1 Å². The van der Waals surface area contributed by atoms with E-state index in [0.29, 0.717) is 22.2 Å². The Morgan fingerprint density at radius 3 is 2.52 bits per heavy atom. The number of aliphatic hydroxyl groups is 1. The van der Waals surface area contributed by atoms with Crippen LogP contribution in [0, 0.1) is 39.9 Å². The summed E-state index contributed by atoms with van der Waals surface area (Å²) in [4.78, 5) is 15.0. The average molecular weight is 456 g/mol. The van der Waals surface area contributed by atoms with Gasteiger partial charge in [0.2, 0.25) is 5.91 Å². The van der Waals surface area contributed by atoms with Crippen LogP contribution in [0.3, 0.4) is 0 Å². The fraction of sp³-hybridized carbons (Fsp3) is 0.900. The van der Waals surface area contributed by atoms with E-state index in [2.05, 4.69) is 38.7 Å². The van der Waals surface area contributed by atoms with E-state index in [-0.39, 0.29) is 6.10 Å². The third kappa shape index (κ3) is 4.23. The van der Waals surface area contributed by atoms with Crippen molar-refractivity contribution in [3.05, 3.63) is 11.6 Å². The van der Waals surface area contributed by atoms with Gasteiger partial charge in [-0.25, -0.2) is 0 Å². The predicted molar refractivity (Wildman–Crippen MR) is 135 cm³/mol. The molecule has 1 saturated heterocycles. The van der Waals surface area contributed by atoms with Gasteiger partial charge in [0, 0.05) is 19.5 Å². The zero-order valence-electron chi connectivity index (χ0n) is 21.9. The minimum Gasteiger partial charge on any atom is -0.393 e. The van der Waals surface area contributed by atoms with Gasteiger partial charge < -0.3 is 10.0 Å². The number of carbonyl (C=O) groups is 1. The topological polar surface area (TPSA) is 40.5 Å². The molecule has 1 heterocycles. The molecule has 0 radical (unpaired) electrons. The molecule has 0 spiro atoms. The molecule has 4 aliphatic carbocycles. The number of hydrogen-bond acceptors (Lipinski definition) is 2. The Hall–Kier alpha value is -0.830. The highest BCUT2D eigenvalue weighted by Crippen LogP contribution is 2.66. The molecule has 5 aliphatic rings. The first-order valence-electron chi connectivity index (χ1n) is 14.3. The average Bonchev–Trinajstić information content (AvgIpc) is 3.10. The molecule has 0 aromatic rings. The van der Waals surface area contributed by atoms with Gasteiger partial charge in [-0.05, 0) is 117 Å². The molecular weight excluding hydrogens is 406 g/mol. The first-order valence-corrected chi connectivity index (χ1v) is 14.3. The Bertz CT molecular complexity index is 776. The number of nitrogens with zero attached hydrogens (tertiary/aromatic N) is 1. The van der Waals surface area contributed by atoms with E-state index in [1.165, 1.54) is 44.9 Å². The van der Waals surface area contributed by atoms with Crippen LogP contribution in [0.4, 0.5) is 0 Å². The number of piperidine rings is 1. The van der Waals surface area contributed by atoms with Gasteiger partial charge in [-0.1, -0.05) is 39.3 Å². The maximum absolute atomic E-state index is 12.8. The zero-order valence-corrected chi connectivity index (χ0v) is 21.9. The lowest BCUT2D eigenvalue weighted by Gasteiger charge is -2.58.